The van der Waals surface area contributed by atoms with Crippen molar-refractivity contribution < 1.29 is 4.52 Å². The molecule has 3 nitrogen and oxygen atoms in total. The molecule has 0 fully saturated rings. The largest absolute Gasteiger partial charge is 0.334 e. The van der Waals surface area contributed by atoms with Crippen molar-refractivity contribution in [3.63, 3.8) is 0 Å². The predicted molar refractivity (Wildman–Crippen MR) is 62.3 cm³/mol. The number of aryl methyl sites for hydroxylation is 1. The zero-order valence-corrected chi connectivity index (χ0v) is 9.78. The van der Waals surface area contributed by atoms with Crippen molar-refractivity contribution in [3.05, 3.63) is 40.7 Å². The Bertz CT molecular complexity index is 505. The Morgan fingerprint density at radius 1 is 1.47 bits per heavy atom. The molecule has 0 atom stereocenters. The Balaban J connectivity index is 2.49. The fraction of sp³-hybridized carbons (Fsp3) is 0.0909. The number of nitrogens with zero attached hydrogens (tertiary/aromatic N) is 2. The maximum absolute atomic E-state index is 4.96. The second kappa shape index (κ2) is 3.98. The van der Waals surface area contributed by atoms with Crippen molar-refractivity contribution in [1.29, 1.82) is 0 Å². The van der Waals surface area contributed by atoms with Gasteiger partial charge in [-0.15, -0.1) is 0 Å². The summed E-state index contributed by atoms with van der Waals surface area (Å²) in [6.45, 7) is 5.57. The highest BCUT2D eigenvalue weighted by atomic mass is 79.9. The third-order valence-corrected chi connectivity index (χ3v) is 2.54. The van der Waals surface area contributed by atoms with E-state index < -0.39 is 0 Å². The van der Waals surface area contributed by atoms with Crippen LogP contribution in [0.1, 0.15) is 11.5 Å². The Morgan fingerprint density at radius 2 is 2.27 bits per heavy atom. The molecule has 15 heavy (non-hydrogen) atoms. The van der Waals surface area contributed by atoms with Gasteiger partial charge in [0, 0.05) is 10.0 Å². The molecule has 0 saturated heterocycles. The van der Waals surface area contributed by atoms with Crippen LogP contribution in [0.5, 0.6) is 0 Å². The lowest BCUT2D eigenvalue weighted by Gasteiger charge is -2.00. The van der Waals surface area contributed by atoms with Gasteiger partial charge in [-0.25, -0.2) is 0 Å². The van der Waals surface area contributed by atoms with E-state index in [0.717, 1.165) is 15.6 Å². The van der Waals surface area contributed by atoms with E-state index in [1.165, 1.54) is 6.08 Å². The number of halogens is 1. The topological polar surface area (TPSA) is 38.9 Å². The summed E-state index contributed by atoms with van der Waals surface area (Å²) < 4.78 is 6.00. The minimum Gasteiger partial charge on any atom is -0.334 e. The maximum atomic E-state index is 4.96. The molecule has 76 valence electrons. The first-order valence-electron chi connectivity index (χ1n) is 4.43. The number of rotatable bonds is 2. The molecule has 4 heteroatoms. The van der Waals surface area contributed by atoms with E-state index in [9.17, 15) is 0 Å². The molecule has 0 radical (unpaired) electrons. The first-order valence-corrected chi connectivity index (χ1v) is 5.22. The minimum atomic E-state index is 0.437. The van der Waals surface area contributed by atoms with Crippen LogP contribution in [0.4, 0.5) is 0 Å². The summed E-state index contributed by atoms with van der Waals surface area (Å²) in [7, 11) is 0. The van der Waals surface area contributed by atoms with Crippen LogP contribution >= 0.6 is 15.9 Å². The van der Waals surface area contributed by atoms with Crippen molar-refractivity contribution in [1.82, 2.24) is 10.1 Å². The molecular formula is C11H9BrN2O. The van der Waals surface area contributed by atoms with Crippen LogP contribution in [0.25, 0.3) is 17.5 Å². The molecule has 2 rings (SSSR count). The Labute approximate surface area is 95.9 Å². The summed E-state index contributed by atoms with van der Waals surface area (Å²) in [4.78, 5) is 4.18. The molecule has 0 aliphatic heterocycles. The summed E-state index contributed by atoms with van der Waals surface area (Å²) >= 11 is 3.41. The first kappa shape index (κ1) is 10.1. The molecule has 0 bridgehead atoms. The summed E-state index contributed by atoms with van der Waals surface area (Å²) in [5.41, 5.74) is 2.07. The molecule has 1 aromatic heterocycles. The van der Waals surface area contributed by atoms with Crippen LogP contribution in [0.3, 0.4) is 0 Å². The third-order valence-electron chi connectivity index (χ3n) is 2.05. The number of benzene rings is 1. The lowest BCUT2D eigenvalue weighted by atomic mass is 10.1. The van der Waals surface area contributed by atoms with Crippen molar-refractivity contribution in [2.45, 2.75) is 6.92 Å². The molecule has 0 spiro atoms. The summed E-state index contributed by atoms with van der Waals surface area (Å²) in [6, 6.07) is 5.92. The minimum absolute atomic E-state index is 0.437. The third kappa shape index (κ3) is 1.99. The van der Waals surface area contributed by atoms with Gasteiger partial charge in [0.15, 0.2) is 0 Å². The smallest absolute Gasteiger partial charge is 0.250 e. The normalized spacial score (nSPS) is 10.3. The Morgan fingerprint density at radius 3 is 2.87 bits per heavy atom. The molecule has 0 saturated carbocycles. The highest BCUT2D eigenvalue weighted by Crippen LogP contribution is 2.23. The fourth-order valence-corrected chi connectivity index (χ4v) is 1.78. The van der Waals surface area contributed by atoms with E-state index in [4.69, 9.17) is 4.52 Å². The van der Waals surface area contributed by atoms with E-state index in [2.05, 4.69) is 32.6 Å². The SMILES string of the molecule is C=Cc1nc(-c2ccc(Br)cc2C)no1. The van der Waals surface area contributed by atoms with Crippen LogP contribution in [0, 0.1) is 6.92 Å². The molecule has 1 aromatic carbocycles. The monoisotopic (exact) mass is 264 g/mol. The van der Waals surface area contributed by atoms with Gasteiger partial charge in [-0.05, 0) is 36.8 Å². The lowest BCUT2D eigenvalue weighted by Crippen LogP contribution is -1.85. The lowest BCUT2D eigenvalue weighted by molar-refractivity contribution is 0.411. The average molecular weight is 265 g/mol. The van der Waals surface area contributed by atoms with Crippen molar-refractivity contribution in [2.75, 3.05) is 0 Å². The Hall–Kier alpha value is -1.42. The summed E-state index contributed by atoms with van der Waals surface area (Å²) in [5, 5.41) is 3.88. The molecule has 0 amide bonds. The quantitative estimate of drug-likeness (QED) is 0.834. The van der Waals surface area contributed by atoms with Gasteiger partial charge >= 0.3 is 0 Å². The zero-order chi connectivity index (χ0) is 10.8. The van der Waals surface area contributed by atoms with Gasteiger partial charge in [-0.2, -0.15) is 4.98 Å². The van der Waals surface area contributed by atoms with Crippen LogP contribution in [0.2, 0.25) is 0 Å². The predicted octanol–water partition coefficient (Wildman–Crippen LogP) is 3.45. The maximum Gasteiger partial charge on any atom is 0.250 e. The second-order valence-electron chi connectivity index (χ2n) is 3.12. The second-order valence-corrected chi connectivity index (χ2v) is 4.04. The van der Waals surface area contributed by atoms with Crippen molar-refractivity contribution in [2.24, 2.45) is 0 Å². The molecule has 0 N–H and O–H groups in total. The molecule has 0 unspecified atom stereocenters. The molecule has 1 heterocycles. The molecular weight excluding hydrogens is 256 g/mol. The van der Waals surface area contributed by atoms with E-state index in [0.29, 0.717) is 11.7 Å². The van der Waals surface area contributed by atoms with Gasteiger partial charge in [0.05, 0.1) is 0 Å². The highest BCUT2D eigenvalue weighted by Gasteiger charge is 2.08. The number of aromatic nitrogens is 2. The fourth-order valence-electron chi connectivity index (χ4n) is 1.31. The Kier molecular flexibility index (Phi) is 2.68. The van der Waals surface area contributed by atoms with Gasteiger partial charge in [0.2, 0.25) is 11.7 Å². The molecule has 2 aromatic rings. The summed E-state index contributed by atoms with van der Waals surface area (Å²) in [6.07, 6.45) is 1.53. The van der Waals surface area contributed by atoms with Gasteiger partial charge in [-0.3, -0.25) is 0 Å². The van der Waals surface area contributed by atoms with Crippen LogP contribution in [0.15, 0.2) is 33.8 Å². The highest BCUT2D eigenvalue weighted by molar-refractivity contribution is 9.10. The van der Waals surface area contributed by atoms with Crippen molar-refractivity contribution in [3.8, 4) is 11.4 Å². The van der Waals surface area contributed by atoms with E-state index in [1.54, 1.807) is 0 Å². The zero-order valence-electron chi connectivity index (χ0n) is 8.20. The molecule has 0 aliphatic rings. The van der Waals surface area contributed by atoms with Gasteiger partial charge in [0.25, 0.3) is 0 Å². The number of hydrogen-bond donors (Lipinski definition) is 0. The van der Waals surface area contributed by atoms with Crippen LogP contribution < -0.4 is 0 Å². The first-order chi connectivity index (χ1) is 7.20. The van der Waals surface area contributed by atoms with Gasteiger partial charge < -0.3 is 4.52 Å². The molecule has 0 aliphatic carbocycles. The van der Waals surface area contributed by atoms with E-state index in [-0.39, 0.29) is 0 Å². The van der Waals surface area contributed by atoms with Gasteiger partial charge in [-0.1, -0.05) is 27.7 Å². The van der Waals surface area contributed by atoms with Crippen LogP contribution in [-0.4, -0.2) is 10.1 Å². The van der Waals surface area contributed by atoms with Crippen LogP contribution in [-0.2, 0) is 0 Å². The van der Waals surface area contributed by atoms with E-state index in [1.807, 2.05) is 25.1 Å². The summed E-state index contributed by atoms with van der Waals surface area (Å²) in [5.74, 6) is 1.03. The van der Waals surface area contributed by atoms with Crippen molar-refractivity contribution >= 4 is 22.0 Å². The van der Waals surface area contributed by atoms with Gasteiger partial charge in [0.1, 0.15) is 0 Å². The standard InChI is InChI=1S/C11H9BrN2O/c1-3-10-13-11(14-15-10)9-5-4-8(12)6-7(9)2/h3-6H,1H2,2H3. The van der Waals surface area contributed by atoms with E-state index >= 15 is 0 Å². The number of hydrogen-bond acceptors (Lipinski definition) is 3. The average Bonchev–Trinajstić information content (AvgIpc) is 2.66.